The van der Waals surface area contributed by atoms with Gasteiger partial charge in [-0.25, -0.2) is 4.79 Å². The lowest BCUT2D eigenvalue weighted by Crippen LogP contribution is -2.09. The Labute approximate surface area is 132 Å². The molecular weight excluding hydrogens is 315 g/mol. The lowest BCUT2D eigenvalue weighted by Gasteiger charge is -2.14. The predicted molar refractivity (Wildman–Crippen MR) is 81.0 cm³/mol. The fourth-order valence-corrected chi connectivity index (χ4v) is 2.33. The van der Waals surface area contributed by atoms with Gasteiger partial charge in [0.05, 0.1) is 12.6 Å². The zero-order chi connectivity index (χ0) is 15.4. The number of aromatic nitrogens is 1. The van der Waals surface area contributed by atoms with Crippen molar-refractivity contribution in [3.05, 3.63) is 45.8 Å². The number of nitrogens with one attached hydrogen (secondary N) is 1. The van der Waals surface area contributed by atoms with E-state index in [1.165, 1.54) is 6.26 Å². The van der Waals surface area contributed by atoms with Crippen molar-refractivity contribution in [1.82, 2.24) is 4.98 Å². The number of benzene rings is 1. The molecule has 1 N–H and O–H groups in total. The van der Waals surface area contributed by atoms with E-state index in [4.69, 9.17) is 32.4 Å². The first-order valence-corrected chi connectivity index (χ1v) is 7.11. The van der Waals surface area contributed by atoms with Gasteiger partial charge in [-0.1, -0.05) is 29.3 Å². The molecule has 1 heterocycles. The molecule has 0 aliphatic rings. The van der Waals surface area contributed by atoms with Crippen molar-refractivity contribution in [2.45, 2.75) is 19.9 Å². The summed E-state index contributed by atoms with van der Waals surface area (Å²) in [5.74, 6) is -0.522. The third-order valence-corrected chi connectivity index (χ3v) is 3.32. The van der Waals surface area contributed by atoms with Crippen LogP contribution in [-0.2, 0) is 4.74 Å². The first-order valence-electron chi connectivity index (χ1n) is 6.35. The maximum atomic E-state index is 11.5. The molecule has 0 aliphatic heterocycles. The minimum absolute atomic E-state index is 0.119. The van der Waals surface area contributed by atoms with Crippen LogP contribution in [0, 0.1) is 0 Å². The van der Waals surface area contributed by atoms with Crippen molar-refractivity contribution in [2.75, 3.05) is 11.9 Å². The molecule has 0 aliphatic carbocycles. The molecule has 0 radical (unpaired) electrons. The summed E-state index contributed by atoms with van der Waals surface area (Å²) >= 11 is 12.0. The van der Waals surface area contributed by atoms with Crippen molar-refractivity contribution >= 4 is 35.2 Å². The molecule has 0 amide bonds. The van der Waals surface area contributed by atoms with Gasteiger partial charge in [0.2, 0.25) is 0 Å². The largest absolute Gasteiger partial charge is 0.461 e. The maximum Gasteiger partial charge on any atom is 0.360 e. The lowest BCUT2D eigenvalue weighted by atomic mass is 10.1. The summed E-state index contributed by atoms with van der Waals surface area (Å²) in [6.45, 7) is 3.90. The van der Waals surface area contributed by atoms with E-state index in [1.807, 2.05) is 13.0 Å². The summed E-state index contributed by atoms with van der Waals surface area (Å²) < 4.78 is 10.0. The maximum absolute atomic E-state index is 11.5. The SMILES string of the molecule is CCOC(=O)c1coc(NC(C)c2ccc(Cl)cc2Cl)n1. The van der Waals surface area contributed by atoms with Crippen molar-refractivity contribution in [1.29, 1.82) is 0 Å². The molecule has 0 saturated carbocycles. The molecule has 112 valence electrons. The highest BCUT2D eigenvalue weighted by atomic mass is 35.5. The molecule has 0 spiro atoms. The number of hydrogen-bond donors (Lipinski definition) is 1. The standard InChI is InChI=1S/C14H14Cl2N2O3/c1-3-20-13(19)12-7-21-14(18-12)17-8(2)10-5-4-9(15)6-11(10)16/h4-8H,3H2,1-2H3,(H,17,18). The Morgan fingerprint density at radius 1 is 1.48 bits per heavy atom. The van der Waals surface area contributed by atoms with Crippen LogP contribution in [-0.4, -0.2) is 17.6 Å². The molecular formula is C14H14Cl2N2O3. The molecule has 0 bridgehead atoms. The number of halogens is 2. The molecule has 1 aromatic heterocycles. The lowest BCUT2D eigenvalue weighted by molar-refractivity contribution is 0.0519. The second-order valence-electron chi connectivity index (χ2n) is 4.29. The number of nitrogens with zero attached hydrogens (tertiary/aromatic N) is 1. The Bertz CT molecular complexity index is 643. The van der Waals surface area contributed by atoms with Gasteiger partial charge in [0.1, 0.15) is 6.26 Å². The quantitative estimate of drug-likeness (QED) is 0.827. The second kappa shape index (κ2) is 6.83. The van der Waals surface area contributed by atoms with Crippen LogP contribution in [0.2, 0.25) is 10.0 Å². The molecule has 0 fully saturated rings. The Morgan fingerprint density at radius 3 is 2.90 bits per heavy atom. The van der Waals surface area contributed by atoms with Crippen molar-refractivity contribution in [2.24, 2.45) is 0 Å². The molecule has 0 saturated heterocycles. The molecule has 7 heteroatoms. The molecule has 1 atom stereocenters. The summed E-state index contributed by atoms with van der Waals surface area (Å²) in [4.78, 5) is 15.5. The van der Waals surface area contributed by atoms with Crippen LogP contribution in [0.15, 0.2) is 28.9 Å². The highest BCUT2D eigenvalue weighted by Crippen LogP contribution is 2.28. The Hall–Kier alpha value is -1.72. The van der Waals surface area contributed by atoms with E-state index in [0.29, 0.717) is 10.0 Å². The number of esters is 1. The Morgan fingerprint density at radius 2 is 2.24 bits per heavy atom. The van der Waals surface area contributed by atoms with Gasteiger partial charge in [-0.2, -0.15) is 4.98 Å². The zero-order valence-electron chi connectivity index (χ0n) is 11.5. The third-order valence-electron chi connectivity index (χ3n) is 2.76. The highest BCUT2D eigenvalue weighted by Gasteiger charge is 2.16. The minimum atomic E-state index is -0.522. The predicted octanol–water partition coefficient (Wildman–Crippen LogP) is 4.33. The van der Waals surface area contributed by atoms with Crippen LogP contribution in [0.5, 0.6) is 0 Å². The Kier molecular flexibility index (Phi) is 5.09. The van der Waals surface area contributed by atoms with Gasteiger partial charge in [0, 0.05) is 10.0 Å². The van der Waals surface area contributed by atoms with E-state index in [1.54, 1.807) is 19.1 Å². The van der Waals surface area contributed by atoms with E-state index in [-0.39, 0.29) is 24.4 Å². The number of oxazole rings is 1. The number of hydrogen-bond acceptors (Lipinski definition) is 5. The van der Waals surface area contributed by atoms with Gasteiger partial charge >= 0.3 is 5.97 Å². The first kappa shape index (κ1) is 15.7. The minimum Gasteiger partial charge on any atom is -0.461 e. The normalized spacial score (nSPS) is 12.0. The van der Waals surface area contributed by atoms with Crippen LogP contribution in [0.25, 0.3) is 0 Å². The van der Waals surface area contributed by atoms with Crippen molar-refractivity contribution < 1.29 is 13.9 Å². The van der Waals surface area contributed by atoms with E-state index >= 15 is 0 Å². The van der Waals surface area contributed by atoms with Gasteiger partial charge in [-0.05, 0) is 31.5 Å². The van der Waals surface area contributed by atoms with Gasteiger partial charge in [-0.15, -0.1) is 0 Å². The average molecular weight is 329 g/mol. The summed E-state index contributed by atoms with van der Waals surface area (Å²) in [5.41, 5.74) is 0.964. The van der Waals surface area contributed by atoms with Crippen LogP contribution in [0.4, 0.5) is 6.01 Å². The van der Waals surface area contributed by atoms with E-state index in [9.17, 15) is 4.79 Å². The Balaban J connectivity index is 2.09. The summed E-state index contributed by atoms with van der Waals surface area (Å²) in [6.07, 6.45) is 1.25. The fraction of sp³-hybridized carbons (Fsp3) is 0.286. The smallest absolute Gasteiger partial charge is 0.360 e. The molecule has 2 rings (SSSR count). The van der Waals surface area contributed by atoms with Crippen LogP contribution in [0.1, 0.15) is 35.9 Å². The van der Waals surface area contributed by atoms with E-state index < -0.39 is 5.97 Å². The highest BCUT2D eigenvalue weighted by molar-refractivity contribution is 6.35. The molecule has 2 aromatic rings. The van der Waals surface area contributed by atoms with Crippen LogP contribution >= 0.6 is 23.2 Å². The first-order chi connectivity index (χ1) is 10.0. The van der Waals surface area contributed by atoms with E-state index in [0.717, 1.165) is 5.56 Å². The number of ether oxygens (including phenoxy) is 1. The van der Waals surface area contributed by atoms with Gasteiger partial charge < -0.3 is 14.5 Å². The fourth-order valence-electron chi connectivity index (χ4n) is 1.75. The number of carbonyl (C=O) groups excluding carboxylic acids is 1. The zero-order valence-corrected chi connectivity index (χ0v) is 13.0. The molecule has 1 unspecified atom stereocenters. The number of anilines is 1. The molecule has 1 aromatic carbocycles. The van der Waals surface area contributed by atoms with Crippen LogP contribution in [0.3, 0.4) is 0 Å². The molecule has 5 nitrogen and oxygen atoms in total. The van der Waals surface area contributed by atoms with Gasteiger partial charge in [0.15, 0.2) is 5.69 Å². The summed E-state index contributed by atoms with van der Waals surface area (Å²) in [5, 5.41) is 4.13. The molecule has 21 heavy (non-hydrogen) atoms. The second-order valence-corrected chi connectivity index (χ2v) is 5.13. The van der Waals surface area contributed by atoms with Crippen molar-refractivity contribution in [3.8, 4) is 0 Å². The summed E-state index contributed by atoms with van der Waals surface area (Å²) in [6, 6.07) is 5.29. The number of rotatable bonds is 5. The average Bonchev–Trinajstić information content (AvgIpc) is 2.87. The van der Waals surface area contributed by atoms with E-state index in [2.05, 4.69) is 10.3 Å². The third kappa shape index (κ3) is 3.89. The van der Waals surface area contributed by atoms with Crippen LogP contribution < -0.4 is 5.32 Å². The van der Waals surface area contributed by atoms with Gasteiger partial charge in [-0.3, -0.25) is 0 Å². The van der Waals surface area contributed by atoms with Crippen molar-refractivity contribution in [3.63, 3.8) is 0 Å². The van der Waals surface area contributed by atoms with Gasteiger partial charge in [0.25, 0.3) is 6.01 Å². The summed E-state index contributed by atoms with van der Waals surface area (Å²) in [7, 11) is 0. The monoisotopic (exact) mass is 328 g/mol. The number of carbonyl (C=O) groups is 1. The topological polar surface area (TPSA) is 64.4 Å².